The highest BCUT2D eigenvalue weighted by atomic mass is 16.5. The predicted molar refractivity (Wildman–Crippen MR) is 321 cm³/mol. The first-order valence-electron chi connectivity index (χ1n) is 26.7. The van der Waals surface area contributed by atoms with E-state index in [4.69, 9.17) is 19.3 Å². The Labute approximate surface area is 472 Å². The molecule has 1 aliphatic carbocycles. The van der Waals surface area contributed by atoms with Gasteiger partial charge in [-0.2, -0.15) is 0 Å². The van der Waals surface area contributed by atoms with E-state index < -0.39 is 0 Å². The maximum absolute atomic E-state index is 11.5. The van der Waals surface area contributed by atoms with Crippen molar-refractivity contribution >= 4 is 46.5 Å². The molecule has 14 heteroatoms. The zero-order valence-corrected chi connectivity index (χ0v) is 50.8. The molecule has 426 valence electrons. The molecule has 2 aliphatic rings. The van der Waals surface area contributed by atoms with E-state index in [1.54, 1.807) is 64.1 Å². The van der Waals surface area contributed by atoms with E-state index in [0.717, 1.165) is 52.7 Å². The van der Waals surface area contributed by atoms with Gasteiger partial charge in [0.15, 0.2) is 5.78 Å². The summed E-state index contributed by atoms with van der Waals surface area (Å²) < 4.78 is 19.4. The quantitative estimate of drug-likeness (QED) is 0.151. The van der Waals surface area contributed by atoms with Gasteiger partial charge < -0.3 is 23.8 Å². The molecule has 5 aromatic rings. The zero-order valence-electron chi connectivity index (χ0n) is 50.8. The monoisotopic (exact) mass is 1090 g/mol. The number of ether oxygens (including phenoxy) is 3. The van der Waals surface area contributed by atoms with Crippen molar-refractivity contribution in [3.05, 3.63) is 168 Å². The summed E-state index contributed by atoms with van der Waals surface area (Å²) in [7, 11) is 19.3. The number of hydrogen-bond acceptors (Lipinski definition) is 9. The number of carbonyl (C=O) groups excluding carboxylic acids is 5. The Morgan fingerprint density at radius 2 is 1.04 bits per heavy atom. The summed E-state index contributed by atoms with van der Waals surface area (Å²) in [6.45, 7) is 20.0. The second-order valence-corrected chi connectivity index (χ2v) is 23.5. The lowest BCUT2D eigenvalue weighted by atomic mass is 9.84. The van der Waals surface area contributed by atoms with Crippen LogP contribution in [0.25, 0.3) is 0 Å². The Morgan fingerprint density at radius 1 is 0.620 bits per heavy atom. The van der Waals surface area contributed by atoms with Crippen LogP contribution in [-0.4, -0.2) is 145 Å². The van der Waals surface area contributed by atoms with E-state index in [0.29, 0.717) is 6.61 Å². The Hall–Kier alpha value is -6.91. The molecule has 1 atom stereocenters. The number of quaternary nitrogens is 5. The van der Waals surface area contributed by atoms with Gasteiger partial charge in [-0.15, -0.1) is 0 Å². The minimum Gasteiger partial charge on any atom is -0.508 e. The normalized spacial score (nSPS) is 16.2. The van der Waals surface area contributed by atoms with Gasteiger partial charge >= 0.3 is 23.6 Å². The molecule has 0 bridgehead atoms. The van der Waals surface area contributed by atoms with Crippen LogP contribution in [0.3, 0.4) is 0 Å². The molecule has 0 radical (unpaired) electrons. The number of hydrogen-bond donors (Lipinski definition) is 1. The number of nitrogens with zero attached hydrogens (tertiary/aromatic N) is 5. The summed E-state index contributed by atoms with van der Waals surface area (Å²) in [5.74, 6) is 2.22. The van der Waals surface area contributed by atoms with E-state index in [1.807, 2.05) is 133 Å². The fourth-order valence-electron chi connectivity index (χ4n) is 8.07. The first-order chi connectivity index (χ1) is 36.5. The number of likely N-dealkylation sites (N-methyl/N-ethyl adjacent to an activating group) is 2. The van der Waals surface area contributed by atoms with Crippen LogP contribution in [0.2, 0.25) is 0 Å². The van der Waals surface area contributed by atoms with Crippen LogP contribution < -0.4 is 22.9 Å². The SMILES string of the molecule is CC(=O)[N+](C)(C)C1C=CC(=O)C=C1.CC(=O)[N+](C)(C)c1ccc(O)cc1.CC(=O)[N+](C)(C)c1ccc(OC(C)(C)C)cc1.CC1(c2ccccc2)OCC[N+](C)(C)Cc2ccccc21.CCOc1ccc([N+](C)(C)C(C)=O)cc1. The second-order valence-electron chi connectivity index (χ2n) is 23.5. The molecule has 0 fully saturated rings. The Kier molecular flexibility index (Phi) is 23.4. The number of phenols is 1. The standard InChI is InChI=1S/C19H24NO.C14H22NO2.C12H18NO2.C10H14NO2.C10H13NO2/c1-19(17-10-5-4-6-11-17)18-12-8-7-9-16(18)15-20(2,3)13-14-21-19;1-11(16)15(5,6)12-7-9-13(10-8-12)17-14(2,3)4;1-5-15-12-8-6-11(7-9-12)13(3,4)10(2)14;2*1-8(12)11(2,3)9-4-6-10(13)7-5-9/h4-12H,13-15H2,1-3H3;7-10H,1-6H3;6-9H,5H2,1-4H3;4-7,9H,1-3H3;4-7H,1-3H3/q4*+1;/p+1. The maximum atomic E-state index is 11.5. The lowest BCUT2D eigenvalue weighted by Crippen LogP contribution is -2.50. The molecule has 7 rings (SSSR count). The predicted octanol–water partition coefficient (Wildman–Crippen LogP) is 10.9. The number of phenolic OH excluding ortho intramolecular Hbond substituents is 1. The van der Waals surface area contributed by atoms with Crippen molar-refractivity contribution < 1.29 is 52.3 Å². The average Bonchev–Trinajstić information content (AvgIpc) is 3.37. The fourth-order valence-corrected chi connectivity index (χ4v) is 8.07. The summed E-state index contributed by atoms with van der Waals surface area (Å²) in [6.07, 6.45) is 6.55. The van der Waals surface area contributed by atoms with Crippen LogP contribution in [0.15, 0.2) is 152 Å². The van der Waals surface area contributed by atoms with Crippen LogP contribution >= 0.6 is 0 Å². The van der Waals surface area contributed by atoms with Gasteiger partial charge in [-0.3, -0.25) is 9.28 Å². The van der Waals surface area contributed by atoms with Crippen molar-refractivity contribution in [2.24, 2.45) is 0 Å². The van der Waals surface area contributed by atoms with E-state index in [-0.39, 0.29) is 70.3 Å². The highest BCUT2D eigenvalue weighted by Gasteiger charge is 2.36. The van der Waals surface area contributed by atoms with E-state index >= 15 is 0 Å². The van der Waals surface area contributed by atoms with Crippen molar-refractivity contribution in [3.63, 3.8) is 0 Å². The van der Waals surface area contributed by atoms with Crippen molar-refractivity contribution in [1.82, 2.24) is 13.4 Å². The Morgan fingerprint density at radius 3 is 1.46 bits per heavy atom. The lowest BCUT2D eigenvalue weighted by molar-refractivity contribution is -0.904. The van der Waals surface area contributed by atoms with Gasteiger partial charge in [0.2, 0.25) is 0 Å². The molecule has 1 heterocycles. The number of benzene rings is 5. The average molecular weight is 1090 g/mol. The number of rotatable bonds is 8. The smallest absolute Gasteiger partial charge is 0.315 e. The molecule has 5 aromatic carbocycles. The van der Waals surface area contributed by atoms with E-state index in [1.165, 1.54) is 28.8 Å². The number of carbonyl (C=O) groups is 5. The molecule has 0 spiro atoms. The van der Waals surface area contributed by atoms with Crippen molar-refractivity contribution in [1.29, 1.82) is 0 Å². The number of amides is 4. The van der Waals surface area contributed by atoms with Gasteiger partial charge in [0.1, 0.15) is 64.6 Å². The third-order valence-electron chi connectivity index (χ3n) is 14.6. The topological polar surface area (TPSA) is 133 Å². The van der Waals surface area contributed by atoms with E-state index in [9.17, 15) is 24.0 Å². The first kappa shape index (κ1) is 66.4. The van der Waals surface area contributed by atoms with E-state index in [2.05, 4.69) is 75.6 Å². The fraction of sp³-hybridized carbons (Fsp3) is 0.400. The number of fused-ring (bicyclic) bond motifs is 1. The molecule has 0 saturated heterocycles. The van der Waals surface area contributed by atoms with Gasteiger partial charge in [0.05, 0.1) is 111 Å². The zero-order chi connectivity index (χ0) is 59.8. The molecule has 0 aromatic heterocycles. The van der Waals surface area contributed by atoms with Gasteiger partial charge in [-0.05, 0) is 106 Å². The van der Waals surface area contributed by atoms with Crippen LogP contribution in [-0.2, 0) is 40.9 Å². The minimum absolute atomic E-state index is 0.0141. The molecule has 79 heavy (non-hydrogen) atoms. The van der Waals surface area contributed by atoms with Gasteiger partial charge in [0.25, 0.3) is 0 Å². The van der Waals surface area contributed by atoms with Crippen molar-refractivity contribution in [2.45, 2.75) is 86.1 Å². The molecule has 0 saturated carbocycles. The highest BCUT2D eigenvalue weighted by molar-refractivity contribution is 6.00. The van der Waals surface area contributed by atoms with Crippen LogP contribution in [0.5, 0.6) is 17.2 Å². The minimum atomic E-state index is -0.363. The van der Waals surface area contributed by atoms with Gasteiger partial charge in [-0.25, -0.2) is 32.6 Å². The first-order valence-corrected chi connectivity index (χ1v) is 26.7. The second kappa shape index (κ2) is 27.8. The summed E-state index contributed by atoms with van der Waals surface area (Å²) in [5, 5.41) is 9.07. The summed E-state index contributed by atoms with van der Waals surface area (Å²) in [5.41, 5.74) is 6.13. The van der Waals surface area contributed by atoms with Crippen LogP contribution in [0, 0.1) is 0 Å². The Bertz CT molecular complexity index is 2860. The molecule has 4 amide bonds. The van der Waals surface area contributed by atoms with Crippen molar-refractivity contribution in [2.75, 3.05) is 90.2 Å². The molecule has 14 nitrogen and oxygen atoms in total. The third-order valence-corrected chi connectivity index (χ3v) is 14.6. The summed E-state index contributed by atoms with van der Waals surface area (Å²) in [6, 6.07) is 41.2. The molecular weight excluding hydrogens is 995 g/mol. The van der Waals surface area contributed by atoms with Crippen LogP contribution in [0.4, 0.5) is 17.1 Å². The number of ketones is 1. The Balaban J connectivity index is 0.000000263. The van der Waals surface area contributed by atoms with Gasteiger partial charge in [-0.1, -0.05) is 54.6 Å². The maximum Gasteiger partial charge on any atom is 0.315 e. The molecule has 1 unspecified atom stereocenters. The molecule has 1 N–H and O–H groups in total. The lowest BCUT2D eigenvalue weighted by Gasteiger charge is -2.39. The summed E-state index contributed by atoms with van der Waals surface area (Å²) in [4.78, 5) is 56.3. The number of aromatic hydroxyl groups is 1. The van der Waals surface area contributed by atoms with Crippen LogP contribution in [0.1, 0.15) is 79.0 Å². The number of allylic oxidation sites excluding steroid dienone is 2. The molecule has 1 aliphatic heterocycles. The highest BCUT2D eigenvalue weighted by Crippen LogP contribution is 2.37. The van der Waals surface area contributed by atoms with Crippen molar-refractivity contribution in [3.8, 4) is 17.2 Å². The third kappa shape index (κ3) is 19.2. The summed E-state index contributed by atoms with van der Waals surface area (Å²) >= 11 is 0. The van der Waals surface area contributed by atoms with Gasteiger partial charge in [0, 0.05) is 42.0 Å². The largest absolute Gasteiger partial charge is 0.508 e. The molecular formula is C65H92N5O9+5.